The van der Waals surface area contributed by atoms with Crippen LogP contribution in [0.25, 0.3) is 5.70 Å². The van der Waals surface area contributed by atoms with E-state index in [1.807, 2.05) is 4.90 Å². The zero-order chi connectivity index (χ0) is 22.6. The molecule has 1 unspecified atom stereocenters. The second-order valence-electron chi connectivity index (χ2n) is 7.75. The van der Waals surface area contributed by atoms with Crippen molar-refractivity contribution in [2.75, 3.05) is 39.0 Å². The van der Waals surface area contributed by atoms with Crippen LogP contribution in [0.4, 0.5) is 27.9 Å². The zero-order valence-electron chi connectivity index (χ0n) is 16.5. The molecular weight excluding hydrogens is 425 g/mol. The molecule has 13 heteroatoms. The summed E-state index contributed by atoms with van der Waals surface area (Å²) in [5.41, 5.74) is 3.90. The van der Waals surface area contributed by atoms with Crippen molar-refractivity contribution in [1.82, 2.24) is 24.7 Å². The summed E-state index contributed by atoms with van der Waals surface area (Å²) in [6.45, 7) is -0.430. The van der Waals surface area contributed by atoms with E-state index in [0.717, 1.165) is 6.20 Å². The first-order chi connectivity index (χ1) is 14.4. The number of aliphatic imine (C=N–C) groups is 1. The molecule has 1 aromatic heterocycles. The Labute approximate surface area is 174 Å². The molecule has 31 heavy (non-hydrogen) atoms. The molecule has 3 aliphatic heterocycles. The molecule has 168 valence electrons. The van der Waals surface area contributed by atoms with Crippen molar-refractivity contribution in [3.05, 3.63) is 23.5 Å². The number of carbonyl (C=O) groups excluding carboxylic acids is 1. The van der Waals surface area contributed by atoms with Gasteiger partial charge >= 0.3 is 6.18 Å². The Bertz CT molecular complexity index is 943. The number of ketones is 1. The van der Waals surface area contributed by atoms with E-state index < -0.39 is 43.1 Å². The lowest BCUT2D eigenvalue weighted by Gasteiger charge is -2.45. The van der Waals surface area contributed by atoms with Gasteiger partial charge in [-0.15, -0.1) is 0 Å². The standard InChI is InChI=1S/C18H20F5N7O/c1-28-12(11-7-25-15(24)27-14(11)18(21,22)23)6-13(30-8-17(19,20)9-30)26-16(28)29-4-2-10(31)3-5-29/h6-7,16H,2-5,8-9H2,1H3,(H2,24,25,27). The van der Waals surface area contributed by atoms with E-state index in [2.05, 4.69) is 15.0 Å². The molecule has 0 aliphatic carbocycles. The molecule has 1 atom stereocenters. The van der Waals surface area contributed by atoms with Crippen LogP contribution in [0, 0.1) is 0 Å². The number of anilines is 1. The number of Topliss-reactive ketones (excluding diaryl/α,β-unsaturated/α-hetero) is 1. The third-order valence-electron chi connectivity index (χ3n) is 5.44. The third kappa shape index (κ3) is 4.18. The maximum Gasteiger partial charge on any atom is 0.434 e. The van der Waals surface area contributed by atoms with Crippen LogP contribution in [0.15, 0.2) is 17.3 Å². The van der Waals surface area contributed by atoms with Crippen LogP contribution in [0.2, 0.25) is 0 Å². The van der Waals surface area contributed by atoms with Gasteiger partial charge in [-0.05, 0) is 0 Å². The van der Waals surface area contributed by atoms with E-state index >= 15 is 0 Å². The highest BCUT2D eigenvalue weighted by Crippen LogP contribution is 2.38. The maximum atomic E-state index is 13.7. The highest BCUT2D eigenvalue weighted by atomic mass is 19.4. The summed E-state index contributed by atoms with van der Waals surface area (Å²) >= 11 is 0. The predicted octanol–water partition coefficient (Wildman–Crippen LogP) is 1.66. The first-order valence-electron chi connectivity index (χ1n) is 9.55. The smallest absolute Gasteiger partial charge is 0.368 e. The lowest BCUT2D eigenvalue weighted by atomic mass is 10.1. The molecule has 2 fully saturated rings. The summed E-state index contributed by atoms with van der Waals surface area (Å²) in [7, 11) is 1.55. The largest absolute Gasteiger partial charge is 0.434 e. The molecular formula is C18H20F5N7O. The molecule has 8 nitrogen and oxygen atoms in total. The number of nitrogen functional groups attached to an aromatic ring is 1. The lowest BCUT2D eigenvalue weighted by Crippen LogP contribution is -2.60. The van der Waals surface area contributed by atoms with Crippen molar-refractivity contribution in [3.8, 4) is 0 Å². The number of rotatable bonds is 2. The van der Waals surface area contributed by atoms with Crippen LogP contribution in [-0.4, -0.2) is 81.7 Å². The zero-order valence-corrected chi connectivity index (χ0v) is 16.5. The summed E-state index contributed by atoms with van der Waals surface area (Å²) in [6.07, 6.45) is -2.71. The number of likely N-dealkylation sites (tertiary alicyclic amines) is 2. The fourth-order valence-corrected chi connectivity index (χ4v) is 3.84. The summed E-state index contributed by atoms with van der Waals surface area (Å²) in [6, 6.07) is 0. The number of alkyl halides is 5. The van der Waals surface area contributed by atoms with Crippen molar-refractivity contribution < 1.29 is 26.7 Å². The number of piperidine rings is 1. The molecule has 0 spiro atoms. The Balaban J connectivity index is 1.75. The Morgan fingerprint density at radius 2 is 1.84 bits per heavy atom. The van der Waals surface area contributed by atoms with Gasteiger partial charge in [-0.3, -0.25) is 9.69 Å². The number of hydrogen-bond acceptors (Lipinski definition) is 8. The molecule has 2 N–H and O–H groups in total. The first-order valence-corrected chi connectivity index (χ1v) is 9.55. The van der Waals surface area contributed by atoms with Crippen LogP contribution in [0.1, 0.15) is 24.1 Å². The van der Waals surface area contributed by atoms with E-state index in [1.54, 1.807) is 7.05 Å². The average molecular weight is 445 g/mol. The van der Waals surface area contributed by atoms with Gasteiger partial charge in [-0.1, -0.05) is 0 Å². The molecule has 4 heterocycles. The van der Waals surface area contributed by atoms with Crippen molar-refractivity contribution in [2.45, 2.75) is 31.2 Å². The molecule has 1 aromatic rings. The van der Waals surface area contributed by atoms with Gasteiger partial charge in [-0.2, -0.15) is 13.2 Å². The fraction of sp³-hybridized carbons (Fsp3) is 0.556. The number of hydrogen-bond donors (Lipinski definition) is 1. The number of nitrogens with two attached hydrogens (primary N) is 1. The maximum absolute atomic E-state index is 13.7. The van der Waals surface area contributed by atoms with Gasteiger partial charge < -0.3 is 15.5 Å². The van der Waals surface area contributed by atoms with Crippen molar-refractivity contribution in [3.63, 3.8) is 0 Å². The van der Waals surface area contributed by atoms with Gasteiger partial charge in [0.05, 0.1) is 18.8 Å². The molecule has 0 saturated carbocycles. The fourth-order valence-electron chi connectivity index (χ4n) is 3.84. The van der Waals surface area contributed by atoms with Crippen LogP contribution >= 0.6 is 0 Å². The van der Waals surface area contributed by atoms with Gasteiger partial charge in [0.25, 0.3) is 5.92 Å². The van der Waals surface area contributed by atoms with Crippen LogP contribution in [-0.2, 0) is 11.0 Å². The number of halogens is 5. The second-order valence-corrected chi connectivity index (χ2v) is 7.75. The topological polar surface area (TPSA) is 91.0 Å². The number of aromatic nitrogens is 2. The minimum absolute atomic E-state index is 0.0782. The van der Waals surface area contributed by atoms with E-state index in [4.69, 9.17) is 5.73 Å². The molecule has 4 rings (SSSR count). The van der Waals surface area contributed by atoms with E-state index in [1.165, 1.54) is 15.9 Å². The van der Waals surface area contributed by atoms with Crippen LogP contribution < -0.4 is 5.73 Å². The third-order valence-corrected chi connectivity index (χ3v) is 5.44. The Morgan fingerprint density at radius 1 is 1.19 bits per heavy atom. The second kappa shape index (κ2) is 7.39. The minimum Gasteiger partial charge on any atom is -0.368 e. The van der Waals surface area contributed by atoms with E-state index in [9.17, 15) is 26.7 Å². The normalized spacial score (nSPS) is 24.6. The predicted molar refractivity (Wildman–Crippen MR) is 101 cm³/mol. The lowest BCUT2D eigenvalue weighted by molar-refractivity contribution is -0.141. The van der Waals surface area contributed by atoms with Crippen molar-refractivity contribution >= 4 is 23.3 Å². The number of nitrogens with zero attached hydrogens (tertiary/aromatic N) is 6. The minimum atomic E-state index is -4.81. The van der Waals surface area contributed by atoms with Gasteiger partial charge in [0.1, 0.15) is 11.6 Å². The average Bonchev–Trinajstić information content (AvgIpc) is 2.66. The van der Waals surface area contributed by atoms with Gasteiger partial charge in [-0.25, -0.2) is 23.7 Å². The molecule has 0 amide bonds. The van der Waals surface area contributed by atoms with Crippen LogP contribution in [0.5, 0.6) is 0 Å². The molecule has 3 aliphatic rings. The Morgan fingerprint density at radius 3 is 2.42 bits per heavy atom. The SMILES string of the molecule is CN1C(c2cnc(N)nc2C(F)(F)F)=CC(N2CC(F)(F)C2)=NC1N1CCC(=O)CC1. The first kappa shape index (κ1) is 21.4. The monoisotopic (exact) mass is 445 g/mol. The Kier molecular flexibility index (Phi) is 5.10. The van der Waals surface area contributed by atoms with Gasteiger partial charge in [0.2, 0.25) is 5.95 Å². The van der Waals surface area contributed by atoms with Crippen LogP contribution in [0.3, 0.4) is 0 Å². The summed E-state index contributed by atoms with van der Waals surface area (Å²) < 4.78 is 67.9. The summed E-state index contributed by atoms with van der Waals surface area (Å²) in [4.78, 5) is 27.8. The summed E-state index contributed by atoms with van der Waals surface area (Å²) in [5, 5.41) is 0. The molecule has 0 bridgehead atoms. The van der Waals surface area contributed by atoms with E-state index in [0.29, 0.717) is 13.1 Å². The highest BCUT2D eigenvalue weighted by Gasteiger charge is 2.47. The number of carbonyl (C=O) groups is 1. The Hall–Kier alpha value is -2.83. The van der Waals surface area contributed by atoms with Crippen molar-refractivity contribution in [2.24, 2.45) is 4.99 Å². The van der Waals surface area contributed by atoms with Crippen molar-refractivity contribution in [1.29, 1.82) is 0 Å². The molecule has 0 aromatic carbocycles. The quantitative estimate of drug-likeness (QED) is 0.693. The van der Waals surface area contributed by atoms with E-state index in [-0.39, 0.29) is 35.7 Å². The summed E-state index contributed by atoms with van der Waals surface area (Å²) in [5.74, 6) is -3.18. The molecule has 0 radical (unpaired) electrons. The van der Waals surface area contributed by atoms with Gasteiger partial charge in [0, 0.05) is 50.8 Å². The van der Waals surface area contributed by atoms with Gasteiger partial charge in [0.15, 0.2) is 12.0 Å². The molecule has 2 saturated heterocycles. The number of amidine groups is 1. The highest BCUT2D eigenvalue weighted by molar-refractivity contribution is 6.01.